The number of nitrogens with zero attached hydrogens (tertiary/aromatic N) is 2. The normalized spacial score (nSPS) is 11.6. The van der Waals surface area contributed by atoms with Crippen LogP contribution in [-0.2, 0) is 25.7 Å². The summed E-state index contributed by atoms with van der Waals surface area (Å²) >= 11 is 0. The van der Waals surface area contributed by atoms with Crippen LogP contribution in [-0.4, -0.2) is 34.7 Å². The molecule has 1 aromatic rings. The van der Waals surface area contributed by atoms with Gasteiger partial charge in [-0.15, -0.1) is 10.2 Å². The zero-order valence-corrected chi connectivity index (χ0v) is 22.0. The predicted molar refractivity (Wildman–Crippen MR) is 124 cm³/mol. The van der Waals surface area contributed by atoms with Crippen LogP contribution in [0.4, 0.5) is 0 Å². The molecule has 0 saturated carbocycles. The van der Waals surface area contributed by atoms with E-state index < -0.39 is 0 Å². The molecule has 182 valence electrons. The lowest BCUT2D eigenvalue weighted by molar-refractivity contribution is -0.141. The van der Waals surface area contributed by atoms with Gasteiger partial charge in [-0.05, 0) is 51.4 Å². The number of ketones is 1. The van der Waals surface area contributed by atoms with Crippen molar-refractivity contribution in [2.45, 2.75) is 114 Å². The first-order valence-electron chi connectivity index (χ1n) is 10.8. The third-order valence-electron chi connectivity index (χ3n) is 3.73. The number of carbonyl (C=O) groups is 2. The van der Waals surface area contributed by atoms with Crippen molar-refractivity contribution in [1.29, 1.82) is 0 Å². The minimum Gasteiger partial charge on any atom is -0.469 e. The largest absolute Gasteiger partial charge is 0.469 e. The average molecular weight is 443 g/mol. The van der Waals surface area contributed by atoms with Crippen molar-refractivity contribution in [3.63, 3.8) is 0 Å². The van der Waals surface area contributed by atoms with E-state index in [0.29, 0.717) is 36.0 Å². The molecule has 0 aliphatic carbocycles. The Kier molecular flexibility index (Phi) is 14.5. The molecule has 0 aliphatic rings. The Hall–Kier alpha value is -1.76. The van der Waals surface area contributed by atoms with E-state index in [1.165, 1.54) is 7.11 Å². The second-order valence-corrected chi connectivity index (χ2v) is 11.0. The lowest BCUT2D eigenvalue weighted by atomic mass is 9.90. The zero-order chi connectivity index (χ0) is 24.9. The van der Waals surface area contributed by atoms with Crippen LogP contribution >= 0.6 is 0 Å². The van der Waals surface area contributed by atoms with E-state index in [0.717, 1.165) is 19.3 Å². The Morgan fingerprint density at radius 3 is 1.65 bits per heavy atom. The highest BCUT2D eigenvalue weighted by molar-refractivity contribution is 5.75. The number of esters is 1. The number of hydrogen-bond acceptors (Lipinski definition) is 7. The van der Waals surface area contributed by atoms with E-state index in [1.54, 1.807) is 13.8 Å². The molecule has 31 heavy (non-hydrogen) atoms. The topological polar surface area (TPSA) is 91.5 Å². The molecule has 1 heterocycles. The van der Waals surface area contributed by atoms with Gasteiger partial charge < -0.3 is 18.7 Å². The third kappa shape index (κ3) is 26.2. The molecule has 0 atom stereocenters. The molecule has 0 bridgehead atoms. The van der Waals surface area contributed by atoms with Crippen LogP contribution in [0.15, 0.2) is 4.42 Å². The Morgan fingerprint density at radius 1 is 0.871 bits per heavy atom. The summed E-state index contributed by atoms with van der Waals surface area (Å²) in [6.07, 6.45) is 3.14. The molecule has 1 aromatic heterocycles. The molecule has 0 fully saturated rings. The SMILES string of the molecule is CC(=O)CCC(C)(C)C.COC(=O)CCC(C)(C)C.Cc1nnc(COC(C)(C)C)o1. The molecule has 0 spiro atoms. The molecule has 7 nitrogen and oxygen atoms in total. The molecule has 0 saturated heterocycles. The van der Waals surface area contributed by atoms with Crippen molar-refractivity contribution >= 4 is 11.8 Å². The number of aromatic nitrogens is 2. The van der Waals surface area contributed by atoms with E-state index >= 15 is 0 Å². The van der Waals surface area contributed by atoms with Gasteiger partial charge in [0.25, 0.3) is 0 Å². The minimum absolute atomic E-state index is 0.116. The van der Waals surface area contributed by atoms with Crippen LogP contribution in [0.1, 0.15) is 107 Å². The number of methoxy groups -OCH3 is 1. The number of Topliss-reactive ketones (excluding diaryl/α,β-unsaturated/α-hetero) is 1. The summed E-state index contributed by atoms with van der Waals surface area (Å²) in [5.41, 5.74) is 0.377. The van der Waals surface area contributed by atoms with Crippen molar-refractivity contribution in [2.24, 2.45) is 10.8 Å². The highest BCUT2D eigenvalue weighted by Gasteiger charge is 2.13. The number of rotatable bonds is 6. The molecule has 0 N–H and O–H groups in total. The summed E-state index contributed by atoms with van der Waals surface area (Å²) in [7, 11) is 1.42. The van der Waals surface area contributed by atoms with Crippen LogP contribution in [0.2, 0.25) is 0 Å². The van der Waals surface area contributed by atoms with E-state index in [1.807, 2.05) is 20.8 Å². The summed E-state index contributed by atoms with van der Waals surface area (Å²) in [5.74, 6) is 1.28. The first-order valence-corrected chi connectivity index (χ1v) is 10.8. The first kappa shape index (κ1) is 31.4. The molecule has 0 aromatic carbocycles. The van der Waals surface area contributed by atoms with Crippen molar-refractivity contribution in [2.75, 3.05) is 7.11 Å². The first-order chi connectivity index (χ1) is 13.8. The van der Waals surface area contributed by atoms with Crippen molar-refractivity contribution in [3.8, 4) is 0 Å². The van der Waals surface area contributed by atoms with Crippen molar-refractivity contribution in [3.05, 3.63) is 11.8 Å². The van der Waals surface area contributed by atoms with E-state index in [-0.39, 0.29) is 17.0 Å². The zero-order valence-electron chi connectivity index (χ0n) is 22.0. The highest BCUT2D eigenvalue weighted by atomic mass is 16.5. The van der Waals surface area contributed by atoms with Gasteiger partial charge in [0.15, 0.2) is 0 Å². The fourth-order valence-corrected chi connectivity index (χ4v) is 1.80. The third-order valence-corrected chi connectivity index (χ3v) is 3.73. The van der Waals surface area contributed by atoms with Crippen molar-refractivity contribution < 1.29 is 23.5 Å². The maximum Gasteiger partial charge on any atom is 0.305 e. The van der Waals surface area contributed by atoms with Gasteiger partial charge in [-0.25, -0.2) is 0 Å². The van der Waals surface area contributed by atoms with E-state index in [2.05, 4.69) is 56.5 Å². The molecule has 0 amide bonds. The molecule has 7 heteroatoms. The Bertz CT molecular complexity index is 632. The van der Waals surface area contributed by atoms with Gasteiger partial charge in [0.1, 0.15) is 12.4 Å². The van der Waals surface area contributed by atoms with Crippen LogP contribution < -0.4 is 0 Å². The van der Waals surface area contributed by atoms with Gasteiger partial charge >= 0.3 is 5.97 Å². The van der Waals surface area contributed by atoms with Crippen LogP contribution in [0, 0.1) is 17.8 Å². The second-order valence-electron chi connectivity index (χ2n) is 11.0. The maximum atomic E-state index is 10.6. The second kappa shape index (κ2) is 14.3. The average Bonchev–Trinajstić information content (AvgIpc) is 3.01. The molecule has 0 radical (unpaired) electrons. The van der Waals surface area contributed by atoms with Gasteiger partial charge in [-0.1, -0.05) is 41.5 Å². The lowest BCUT2D eigenvalue weighted by Gasteiger charge is -2.17. The number of ether oxygens (including phenoxy) is 2. The number of aryl methyl sites for hydroxylation is 1. The monoisotopic (exact) mass is 442 g/mol. The molecule has 0 aliphatic heterocycles. The van der Waals surface area contributed by atoms with Crippen LogP contribution in [0.5, 0.6) is 0 Å². The fourth-order valence-electron chi connectivity index (χ4n) is 1.80. The smallest absolute Gasteiger partial charge is 0.305 e. The fraction of sp³-hybridized carbons (Fsp3) is 0.833. The molecule has 0 unspecified atom stereocenters. The van der Waals surface area contributed by atoms with Gasteiger partial charge in [0.05, 0.1) is 12.7 Å². The molecule has 1 rings (SSSR count). The summed E-state index contributed by atoms with van der Waals surface area (Å²) in [5, 5.41) is 7.50. The maximum absolute atomic E-state index is 10.6. The van der Waals surface area contributed by atoms with E-state index in [4.69, 9.17) is 9.15 Å². The van der Waals surface area contributed by atoms with E-state index in [9.17, 15) is 9.59 Å². The summed E-state index contributed by atoms with van der Waals surface area (Å²) in [4.78, 5) is 21.1. The van der Waals surface area contributed by atoms with Crippen molar-refractivity contribution in [1.82, 2.24) is 10.2 Å². The quantitative estimate of drug-likeness (QED) is 0.493. The highest BCUT2D eigenvalue weighted by Crippen LogP contribution is 2.21. The van der Waals surface area contributed by atoms with Gasteiger partial charge in [-0.2, -0.15) is 0 Å². The summed E-state index contributed by atoms with van der Waals surface area (Å²) in [6, 6.07) is 0. The summed E-state index contributed by atoms with van der Waals surface area (Å²) in [6.45, 7) is 22.5. The lowest BCUT2D eigenvalue weighted by Crippen LogP contribution is -2.18. The minimum atomic E-state index is -0.164. The molecular formula is C24H46N2O5. The molecular weight excluding hydrogens is 396 g/mol. The number of carbonyl (C=O) groups excluding carboxylic acids is 2. The predicted octanol–water partition coefficient (Wildman–Crippen LogP) is 6.08. The Morgan fingerprint density at radius 2 is 1.35 bits per heavy atom. The summed E-state index contributed by atoms with van der Waals surface area (Å²) < 4.78 is 15.1. The Labute approximate surface area is 189 Å². The van der Waals surface area contributed by atoms with Gasteiger partial charge in [-0.3, -0.25) is 4.79 Å². The van der Waals surface area contributed by atoms with Crippen LogP contribution in [0.25, 0.3) is 0 Å². The number of hydrogen-bond donors (Lipinski definition) is 0. The van der Waals surface area contributed by atoms with Gasteiger partial charge in [0, 0.05) is 19.8 Å². The Balaban J connectivity index is 0. The van der Waals surface area contributed by atoms with Gasteiger partial charge in [0.2, 0.25) is 11.8 Å². The van der Waals surface area contributed by atoms with Crippen LogP contribution in [0.3, 0.4) is 0 Å². The standard InChI is InChI=1S/C8H14N2O2.C8H16O2.C8H16O/c1-6-9-10-7(12-6)5-11-8(2,3)4;1-8(2,3)6-5-7(9)10-4;1-7(9)5-6-8(2,3)4/h5H2,1-4H3;5-6H2,1-4H3;5-6H2,1-4H3.